The summed E-state index contributed by atoms with van der Waals surface area (Å²) in [5, 5.41) is 11.3. The van der Waals surface area contributed by atoms with E-state index in [4.69, 9.17) is 18.9 Å². The molecule has 9 atom stereocenters. The number of hydrogen-bond acceptors (Lipinski definition) is 10. The molecular formula is C34H63N3O7. The summed E-state index contributed by atoms with van der Waals surface area (Å²) >= 11 is 0. The van der Waals surface area contributed by atoms with Crippen LogP contribution in [0, 0.1) is 29.1 Å². The lowest BCUT2D eigenvalue weighted by Crippen LogP contribution is -2.59. The second kappa shape index (κ2) is 15.2. The van der Waals surface area contributed by atoms with Gasteiger partial charge in [-0.2, -0.15) is 0 Å². The molecule has 3 aliphatic heterocycles. The van der Waals surface area contributed by atoms with Crippen LogP contribution in [0.25, 0.3) is 0 Å². The zero-order valence-electron chi connectivity index (χ0n) is 29.7. The molecule has 0 saturated carbocycles. The van der Waals surface area contributed by atoms with Crippen LogP contribution in [0.2, 0.25) is 0 Å². The van der Waals surface area contributed by atoms with Gasteiger partial charge in [-0.25, -0.2) is 0 Å². The molecule has 0 aromatic rings. The molecule has 0 bridgehead atoms. The number of likely N-dealkylation sites (tertiary alicyclic amines) is 1. The van der Waals surface area contributed by atoms with Crippen LogP contribution in [0.5, 0.6) is 0 Å². The number of nitrogens with zero attached hydrogens (tertiary/aromatic N) is 3. The number of carbonyl (C=O) groups is 2. The molecule has 10 heteroatoms. The molecule has 44 heavy (non-hydrogen) atoms. The van der Waals surface area contributed by atoms with E-state index < -0.39 is 41.4 Å². The van der Waals surface area contributed by atoms with Crippen LogP contribution in [-0.2, 0) is 28.5 Å². The van der Waals surface area contributed by atoms with Crippen molar-refractivity contribution in [2.75, 3.05) is 61.0 Å². The Morgan fingerprint density at radius 1 is 1.09 bits per heavy atom. The maximum absolute atomic E-state index is 14.2. The van der Waals surface area contributed by atoms with E-state index in [1.165, 1.54) is 0 Å². The quantitative estimate of drug-likeness (QED) is 0.320. The first-order valence-corrected chi connectivity index (χ1v) is 16.7. The smallest absolute Gasteiger partial charge is 0.319 e. The van der Waals surface area contributed by atoms with Crippen LogP contribution in [0.1, 0.15) is 74.7 Å². The van der Waals surface area contributed by atoms with Crippen LogP contribution in [0.15, 0.2) is 0 Å². The molecule has 3 rings (SSSR count). The summed E-state index contributed by atoms with van der Waals surface area (Å²) in [6.07, 6.45) is -0.592. The Morgan fingerprint density at radius 2 is 1.73 bits per heavy atom. The van der Waals surface area contributed by atoms with E-state index >= 15 is 0 Å². The second-order valence-corrected chi connectivity index (χ2v) is 15.6. The van der Waals surface area contributed by atoms with Gasteiger partial charge in [0.1, 0.15) is 18.1 Å². The van der Waals surface area contributed by atoms with Gasteiger partial charge in [-0.15, -0.1) is 0 Å². The van der Waals surface area contributed by atoms with E-state index in [1.807, 2.05) is 32.8 Å². The molecule has 0 aliphatic carbocycles. The van der Waals surface area contributed by atoms with Gasteiger partial charge in [0.15, 0.2) is 12.1 Å². The van der Waals surface area contributed by atoms with Crippen molar-refractivity contribution >= 4 is 11.8 Å². The highest BCUT2D eigenvalue weighted by Gasteiger charge is 2.51. The lowest BCUT2D eigenvalue weighted by molar-refractivity contribution is -0.295. The van der Waals surface area contributed by atoms with Crippen molar-refractivity contribution in [1.29, 1.82) is 0 Å². The van der Waals surface area contributed by atoms with Crippen molar-refractivity contribution < 1.29 is 33.6 Å². The predicted octanol–water partition coefficient (Wildman–Crippen LogP) is 3.30. The van der Waals surface area contributed by atoms with Crippen LogP contribution < -0.4 is 0 Å². The van der Waals surface area contributed by atoms with Crippen molar-refractivity contribution in [2.24, 2.45) is 29.1 Å². The number of rotatable bonds is 8. The van der Waals surface area contributed by atoms with Crippen LogP contribution in [0.3, 0.4) is 0 Å². The van der Waals surface area contributed by atoms with Crippen molar-refractivity contribution in [2.45, 2.75) is 117 Å². The van der Waals surface area contributed by atoms with Gasteiger partial charge >= 0.3 is 5.97 Å². The predicted molar refractivity (Wildman–Crippen MR) is 171 cm³/mol. The van der Waals surface area contributed by atoms with Crippen LogP contribution in [0.4, 0.5) is 0 Å². The third-order valence-corrected chi connectivity index (χ3v) is 10.3. The average molecular weight is 626 g/mol. The van der Waals surface area contributed by atoms with E-state index in [9.17, 15) is 14.7 Å². The molecule has 0 unspecified atom stereocenters. The molecular weight excluding hydrogens is 562 g/mol. The normalized spacial score (nSPS) is 39.0. The van der Waals surface area contributed by atoms with Gasteiger partial charge in [0.2, 0.25) is 0 Å². The summed E-state index contributed by atoms with van der Waals surface area (Å²) in [6.45, 7) is 19.9. The lowest BCUT2D eigenvalue weighted by atomic mass is 9.74. The SMILES string of the molecule is CO[C@]1(C)C[C@@H](C)CN(C)[C@H](CC2CN(CC(C)C)C2)COC(=O)C(C)(C)C(=O)[C@H](C)[C@H]1O[C@@H]1O[C@H](C)C[C@H](N(C)C)[C@H]1O. The first-order valence-electron chi connectivity index (χ1n) is 16.7. The summed E-state index contributed by atoms with van der Waals surface area (Å²) in [7, 11) is 7.61. The summed E-state index contributed by atoms with van der Waals surface area (Å²) in [5.74, 6) is -0.174. The van der Waals surface area contributed by atoms with E-state index in [-0.39, 0.29) is 36.5 Å². The van der Waals surface area contributed by atoms with Gasteiger partial charge in [-0.3, -0.25) is 14.5 Å². The Labute approximate surface area is 267 Å². The fourth-order valence-corrected chi connectivity index (χ4v) is 7.71. The number of aliphatic hydroxyl groups is 1. The van der Waals surface area contributed by atoms with Crippen molar-refractivity contribution in [3.05, 3.63) is 0 Å². The van der Waals surface area contributed by atoms with E-state index in [1.54, 1.807) is 27.9 Å². The Kier molecular flexibility index (Phi) is 12.9. The number of methoxy groups -OCH3 is 1. The number of aliphatic hydroxyl groups excluding tert-OH is 1. The van der Waals surface area contributed by atoms with Crippen molar-refractivity contribution in [3.63, 3.8) is 0 Å². The number of hydrogen-bond donors (Lipinski definition) is 1. The van der Waals surface area contributed by atoms with Gasteiger partial charge in [-0.1, -0.05) is 27.7 Å². The van der Waals surface area contributed by atoms with Gasteiger partial charge in [0.05, 0.1) is 17.8 Å². The van der Waals surface area contributed by atoms with Crippen LogP contribution in [-0.4, -0.2) is 135 Å². The fourth-order valence-electron chi connectivity index (χ4n) is 7.71. The van der Waals surface area contributed by atoms with E-state index in [2.05, 4.69) is 37.6 Å². The number of ether oxygens (including phenoxy) is 4. The fraction of sp³-hybridized carbons (Fsp3) is 0.941. The first-order chi connectivity index (χ1) is 20.4. The number of carbonyl (C=O) groups excluding carboxylic acids is 2. The van der Waals surface area contributed by atoms with Crippen LogP contribution >= 0.6 is 0 Å². The Balaban J connectivity index is 1.90. The first kappa shape index (κ1) is 37.3. The summed E-state index contributed by atoms with van der Waals surface area (Å²) in [5.41, 5.74) is -2.30. The maximum atomic E-state index is 14.2. The third-order valence-electron chi connectivity index (χ3n) is 10.3. The molecule has 3 saturated heterocycles. The van der Waals surface area contributed by atoms with Crippen molar-refractivity contribution in [3.8, 4) is 0 Å². The molecule has 3 aliphatic rings. The number of cyclic esters (lactones) is 1. The van der Waals surface area contributed by atoms with Gasteiger partial charge in [0.25, 0.3) is 0 Å². The van der Waals surface area contributed by atoms with E-state index in [0.717, 1.165) is 32.6 Å². The minimum absolute atomic E-state index is 0.0489. The highest BCUT2D eigenvalue weighted by atomic mass is 16.7. The molecule has 0 radical (unpaired) electrons. The summed E-state index contributed by atoms with van der Waals surface area (Å²) in [4.78, 5) is 34.5. The van der Waals surface area contributed by atoms with E-state index in [0.29, 0.717) is 24.7 Å². The number of likely N-dealkylation sites (N-methyl/N-ethyl adjacent to an activating group) is 2. The minimum Gasteiger partial charge on any atom is -0.463 e. The molecule has 10 nitrogen and oxygen atoms in total. The zero-order valence-corrected chi connectivity index (χ0v) is 29.7. The Hall–Kier alpha value is -1.14. The van der Waals surface area contributed by atoms with Gasteiger partial charge in [-0.05, 0) is 85.9 Å². The molecule has 0 aromatic heterocycles. The zero-order chi connectivity index (χ0) is 33.1. The number of esters is 1. The largest absolute Gasteiger partial charge is 0.463 e. The Bertz CT molecular complexity index is 955. The van der Waals surface area contributed by atoms with Gasteiger partial charge < -0.3 is 33.9 Å². The topological polar surface area (TPSA) is 101 Å². The third kappa shape index (κ3) is 8.81. The number of Topliss-reactive ketones (excluding diaryl/α,β-unsaturated/α-hetero) is 1. The molecule has 3 fully saturated rings. The maximum Gasteiger partial charge on any atom is 0.319 e. The molecule has 3 heterocycles. The molecule has 0 amide bonds. The standard InChI is InChI=1S/C34H63N3O7/c1-21(2)16-37-18-25(19-37)14-26-20-42-32(40)33(6,7)29(39)24(5)30(34(8,41-12)15-22(3)17-36(26)11)44-31-28(38)27(35(9)10)13-23(4)43-31/h21-28,30-31,38H,13-20H2,1-12H3/t22-,23-,24+,26-,27+,28-,30-,31+,34-/m1/s1. The van der Waals surface area contributed by atoms with Gasteiger partial charge in [0, 0.05) is 51.3 Å². The Morgan fingerprint density at radius 3 is 2.30 bits per heavy atom. The molecule has 0 aromatic carbocycles. The van der Waals surface area contributed by atoms with Crippen molar-refractivity contribution in [1.82, 2.24) is 14.7 Å². The average Bonchev–Trinajstić information content (AvgIpc) is 2.91. The minimum atomic E-state index is -1.39. The molecule has 1 N–H and O–H groups in total. The highest BCUT2D eigenvalue weighted by molar-refractivity contribution is 6.04. The molecule has 0 spiro atoms. The second-order valence-electron chi connectivity index (χ2n) is 15.6. The summed E-state index contributed by atoms with van der Waals surface area (Å²) < 4.78 is 24.9. The summed E-state index contributed by atoms with van der Waals surface area (Å²) in [6, 6.07) is -0.116. The monoisotopic (exact) mass is 625 g/mol. The lowest BCUT2D eigenvalue weighted by Gasteiger charge is -2.47. The number of ketones is 1. The highest BCUT2D eigenvalue weighted by Crippen LogP contribution is 2.38. The molecule has 256 valence electrons.